The minimum Gasteiger partial charge on any atom is -0.309 e. The summed E-state index contributed by atoms with van der Waals surface area (Å²) in [6.45, 7) is 13.8. The number of hydrogen-bond donors (Lipinski definition) is 0. The number of fused-ring (bicyclic) bond motifs is 6. The van der Waals surface area contributed by atoms with Gasteiger partial charge in [0.05, 0.1) is 27.8 Å². The minimum absolute atomic E-state index is 0.0642. The molecule has 0 saturated carbocycles. The first-order valence-corrected chi connectivity index (χ1v) is 16.4. The summed E-state index contributed by atoms with van der Waals surface area (Å²) in [6, 6.07) is 49.5. The van der Waals surface area contributed by atoms with Crippen LogP contribution in [-0.2, 0) is 10.8 Å². The molecule has 0 fully saturated rings. The van der Waals surface area contributed by atoms with E-state index in [0.717, 1.165) is 5.69 Å². The molecule has 0 radical (unpaired) electrons. The second-order valence-electron chi connectivity index (χ2n) is 14.7. The summed E-state index contributed by atoms with van der Waals surface area (Å²) in [6.07, 6.45) is 0. The van der Waals surface area contributed by atoms with Gasteiger partial charge >= 0.3 is 0 Å². The molecule has 2 nitrogen and oxygen atoms in total. The van der Waals surface area contributed by atoms with Gasteiger partial charge in [0.1, 0.15) is 0 Å². The second kappa shape index (κ2) is 10.2. The van der Waals surface area contributed by atoms with Gasteiger partial charge in [-0.2, -0.15) is 0 Å². The van der Waals surface area contributed by atoms with Crippen molar-refractivity contribution in [3.8, 4) is 22.5 Å². The van der Waals surface area contributed by atoms with E-state index >= 15 is 0 Å². The van der Waals surface area contributed by atoms with E-state index in [-0.39, 0.29) is 10.8 Å². The fraction of sp³-hybridized carbons (Fsp3) is 0.182. The third-order valence-corrected chi connectivity index (χ3v) is 9.64. The lowest BCUT2D eigenvalue weighted by atomic mass is 9.85. The quantitative estimate of drug-likeness (QED) is 0.192. The maximum atomic E-state index is 2.46. The molecular weight excluding hydrogens is 556 g/mol. The van der Waals surface area contributed by atoms with Crippen molar-refractivity contribution in [2.24, 2.45) is 0 Å². The first kappa shape index (κ1) is 28.4. The molecule has 0 aliphatic carbocycles. The first-order chi connectivity index (χ1) is 22.1. The molecule has 0 spiro atoms. The van der Waals surface area contributed by atoms with Gasteiger partial charge in [0.2, 0.25) is 0 Å². The molecule has 0 amide bonds. The predicted molar refractivity (Wildman–Crippen MR) is 198 cm³/mol. The molecule has 0 aliphatic heterocycles. The highest BCUT2D eigenvalue weighted by molar-refractivity contribution is 6.11. The molecule has 46 heavy (non-hydrogen) atoms. The average molecular weight is 597 g/mol. The lowest BCUT2D eigenvalue weighted by Crippen LogP contribution is -2.10. The highest BCUT2D eigenvalue weighted by atomic mass is 15.0. The SMILES string of the molecule is CC(C)(C)c1ccc2c(c1)c1cc(C(C)(C)C)ccc1n2-c1ccc(-n2c3ccccc3c3ccccc32)c(-c2ccccc2)c1. The highest BCUT2D eigenvalue weighted by Crippen LogP contribution is 2.41. The molecular formula is C44H40N2. The van der Waals surface area contributed by atoms with Gasteiger partial charge in [-0.15, -0.1) is 0 Å². The number of rotatable bonds is 3. The van der Waals surface area contributed by atoms with Crippen LogP contribution in [0.15, 0.2) is 133 Å². The monoisotopic (exact) mass is 596 g/mol. The Hall–Kier alpha value is -5.08. The smallest absolute Gasteiger partial charge is 0.0542 e. The summed E-state index contributed by atoms with van der Waals surface area (Å²) < 4.78 is 4.90. The zero-order valence-electron chi connectivity index (χ0n) is 27.6. The summed E-state index contributed by atoms with van der Waals surface area (Å²) in [4.78, 5) is 0. The van der Waals surface area contributed by atoms with Crippen molar-refractivity contribution in [3.05, 3.63) is 145 Å². The molecule has 6 aromatic carbocycles. The van der Waals surface area contributed by atoms with Crippen LogP contribution in [0.2, 0.25) is 0 Å². The molecule has 2 heteroatoms. The van der Waals surface area contributed by atoms with E-state index in [1.165, 1.54) is 71.6 Å². The first-order valence-electron chi connectivity index (χ1n) is 16.4. The van der Waals surface area contributed by atoms with E-state index in [4.69, 9.17) is 0 Å². The molecule has 226 valence electrons. The van der Waals surface area contributed by atoms with Crippen LogP contribution in [0.4, 0.5) is 0 Å². The van der Waals surface area contributed by atoms with E-state index in [9.17, 15) is 0 Å². The number of hydrogen-bond acceptors (Lipinski definition) is 0. The van der Waals surface area contributed by atoms with Gasteiger partial charge < -0.3 is 9.13 Å². The van der Waals surface area contributed by atoms with Crippen LogP contribution in [0, 0.1) is 0 Å². The number of benzene rings is 6. The molecule has 0 N–H and O–H groups in total. The summed E-state index contributed by atoms with van der Waals surface area (Å²) >= 11 is 0. The van der Waals surface area contributed by atoms with Crippen LogP contribution in [0.25, 0.3) is 66.1 Å². The average Bonchev–Trinajstić information content (AvgIpc) is 3.56. The summed E-state index contributed by atoms with van der Waals surface area (Å²) in [7, 11) is 0. The van der Waals surface area contributed by atoms with Gasteiger partial charge in [0.15, 0.2) is 0 Å². The Morgan fingerprint density at radius 3 is 1.39 bits per heavy atom. The molecule has 2 heterocycles. The largest absolute Gasteiger partial charge is 0.309 e. The van der Waals surface area contributed by atoms with Gasteiger partial charge in [0.25, 0.3) is 0 Å². The van der Waals surface area contributed by atoms with Gasteiger partial charge in [0, 0.05) is 32.8 Å². The minimum atomic E-state index is 0.0642. The topological polar surface area (TPSA) is 9.86 Å². The molecule has 0 unspecified atom stereocenters. The van der Waals surface area contributed by atoms with Crippen LogP contribution in [0.5, 0.6) is 0 Å². The van der Waals surface area contributed by atoms with Crippen LogP contribution >= 0.6 is 0 Å². The van der Waals surface area contributed by atoms with Crippen molar-refractivity contribution in [2.45, 2.75) is 52.4 Å². The number of nitrogens with zero attached hydrogens (tertiary/aromatic N) is 2. The molecule has 0 bridgehead atoms. The van der Waals surface area contributed by atoms with Crippen molar-refractivity contribution in [2.75, 3.05) is 0 Å². The van der Waals surface area contributed by atoms with Crippen molar-refractivity contribution in [1.29, 1.82) is 0 Å². The Kier molecular flexibility index (Phi) is 6.31. The molecule has 2 aromatic heterocycles. The number of para-hydroxylation sites is 2. The van der Waals surface area contributed by atoms with Crippen LogP contribution in [0.1, 0.15) is 52.7 Å². The third-order valence-electron chi connectivity index (χ3n) is 9.64. The van der Waals surface area contributed by atoms with Gasteiger partial charge in [-0.3, -0.25) is 0 Å². The van der Waals surface area contributed by atoms with E-state index in [1.807, 2.05) is 0 Å². The summed E-state index contributed by atoms with van der Waals surface area (Å²) in [5.74, 6) is 0. The van der Waals surface area contributed by atoms with Crippen LogP contribution < -0.4 is 0 Å². The van der Waals surface area contributed by atoms with Crippen molar-refractivity contribution >= 4 is 43.6 Å². The maximum absolute atomic E-state index is 2.46. The van der Waals surface area contributed by atoms with Crippen molar-refractivity contribution in [1.82, 2.24) is 9.13 Å². The van der Waals surface area contributed by atoms with E-state index in [2.05, 4.69) is 184 Å². The predicted octanol–water partition coefficient (Wildman–Crippen LogP) is 12.1. The lowest BCUT2D eigenvalue weighted by molar-refractivity contribution is 0.590. The zero-order chi connectivity index (χ0) is 31.8. The fourth-order valence-corrected chi connectivity index (χ4v) is 7.12. The van der Waals surface area contributed by atoms with E-state index in [1.54, 1.807) is 0 Å². The summed E-state index contributed by atoms with van der Waals surface area (Å²) in [5.41, 5.74) is 12.5. The lowest BCUT2D eigenvalue weighted by Gasteiger charge is -2.19. The molecule has 0 aliphatic rings. The van der Waals surface area contributed by atoms with Crippen LogP contribution in [-0.4, -0.2) is 9.13 Å². The fourth-order valence-electron chi connectivity index (χ4n) is 7.12. The molecule has 8 aromatic rings. The van der Waals surface area contributed by atoms with Crippen molar-refractivity contribution in [3.63, 3.8) is 0 Å². The Morgan fingerprint density at radius 2 is 0.870 bits per heavy atom. The second-order valence-corrected chi connectivity index (χ2v) is 14.7. The standard InChI is InChI=1S/C44H40N2/c1-43(2,3)30-20-23-41-36(26-30)37-27-31(44(4,5)6)21-24-42(37)45(41)32-22-25-40(35(28-32)29-14-8-7-9-15-29)46-38-18-12-10-16-33(38)34-17-11-13-19-39(34)46/h7-28H,1-6H3. The Balaban J connectivity index is 1.45. The third kappa shape index (κ3) is 4.47. The zero-order valence-corrected chi connectivity index (χ0v) is 27.6. The summed E-state index contributed by atoms with van der Waals surface area (Å²) in [5, 5.41) is 5.16. The highest BCUT2D eigenvalue weighted by Gasteiger charge is 2.22. The molecule has 8 rings (SSSR count). The van der Waals surface area contributed by atoms with Crippen LogP contribution in [0.3, 0.4) is 0 Å². The van der Waals surface area contributed by atoms with Gasteiger partial charge in [-0.1, -0.05) is 120 Å². The Bertz CT molecular complexity index is 2300. The molecule has 0 saturated heterocycles. The van der Waals surface area contributed by atoms with E-state index in [0.29, 0.717) is 0 Å². The van der Waals surface area contributed by atoms with Gasteiger partial charge in [-0.05, 0) is 82.1 Å². The van der Waals surface area contributed by atoms with Gasteiger partial charge in [-0.25, -0.2) is 0 Å². The van der Waals surface area contributed by atoms with E-state index < -0.39 is 0 Å². The maximum Gasteiger partial charge on any atom is 0.0542 e. The molecule has 0 atom stereocenters. The number of aromatic nitrogens is 2. The van der Waals surface area contributed by atoms with Crippen molar-refractivity contribution < 1.29 is 0 Å². The Morgan fingerprint density at radius 1 is 0.391 bits per heavy atom. The normalized spacial score (nSPS) is 12.6. The Labute approximate surface area is 271 Å².